The van der Waals surface area contributed by atoms with Crippen molar-refractivity contribution in [1.29, 1.82) is 0 Å². The maximum atomic E-state index is 11.7. The summed E-state index contributed by atoms with van der Waals surface area (Å²) in [6.45, 7) is 3.99. The molecule has 0 aromatic carbocycles. The summed E-state index contributed by atoms with van der Waals surface area (Å²) in [7, 11) is 4.25. The molecule has 0 fully saturated rings. The van der Waals surface area contributed by atoms with Crippen LogP contribution >= 0.6 is 0 Å². The second-order valence-electron chi connectivity index (χ2n) is 4.14. The van der Waals surface area contributed by atoms with E-state index in [1.54, 1.807) is 0 Å². The number of esters is 1. The molecule has 2 atom stereocenters. The van der Waals surface area contributed by atoms with Gasteiger partial charge in [0.2, 0.25) is 0 Å². The number of carbonyl (C=O) groups excluding carboxylic acids is 2. The van der Waals surface area contributed by atoms with Crippen LogP contribution in [-0.4, -0.2) is 52.2 Å². The molecule has 19 heavy (non-hydrogen) atoms. The molecule has 112 valence electrons. The van der Waals surface area contributed by atoms with Crippen molar-refractivity contribution in [2.45, 2.75) is 32.6 Å². The monoisotopic (exact) mass is 276 g/mol. The molecule has 0 aliphatic rings. The predicted octanol–water partition coefficient (Wildman–Crippen LogP) is 0.492. The second kappa shape index (κ2) is 9.57. The smallest absolute Gasteiger partial charge is 0.328 e. The maximum absolute atomic E-state index is 11.7. The van der Waals surface area contributed by atoms with Gasteiger partial charge in [-0.05, 0) is 5.92 Å². The van der Waals surface area contributed by atoms with Crippen molar-refractivity contribution in [3.63, 3.8) is 0 Å². The lowest BCUT2D eigenvalue weighted by atomic mass is 9.99. The highest BCUT2D eigenvalue weighted by Crippen LogP contribution is 2.08. The van der Waals surface area contributed by atoms with Crippen molar-refractivity contribution in [3.05, 3.63) is 0 Å². The number of ether oxygens (including phenoxy) is 3. The Hall–Kier alpha value is -1.34. The van der Waals surface area contributed by atoms with E-state index in [9.17, 15) is 9.59 Å². The van der Waals surface area contributed by atoms with Crippen LogP contribution in [0.2, 0.25) is 0 Å². The number of urea groups is 1. The van der Waals surface area contributed by atoms with E-state index in [2.05, 4.69) is 15.4 Å². The molecule has 0 aromatic rings. The molecular weight excluding hydrogens is 252 g/mol. The molecule has 2 amide bonds. The summed E-state index contributed by atoms with van der Waals surface area (Å²) in [5.74, 6) is -0.474. The van der Waals surface area contributed by atoms with Gasteiger partial charge in [0, 0.05) is 14.2 Å². The molecular formula is C12H24N2O5. The number of rotatable bonds is 8. The number of hydrogen-bond donors (Lipinski definition) is 2. The van der Waals surface area contributed by atoms with Gasteiger partial charge in [-0.25, -0.2) is 9.59 Å². The van der Waals surface area contributed by atoms with E-state index in [1.165, 1.54) is 21.3 Å². The van der Waals surface area contributed by atoms with Crippen molar-refractivity contribution in [3.8, 4) is 0 Å². The summed E-state index contributed by atoms with van der Waals surface area (Å²) in [5.41, 5.74) is 0. The summed E-state index contributed by atoms with van der Waals surface area (Å²) in [6, 6.07) is -1.13. The minimum atomic E-state index is -0.668. The molecule has 0 bridgehead atoms. The van der Waals surface area contributed by atoms with Crippen molar-refractivity contribution in [2.75, 3.05) is 27.9 Å². The van der Waals surface area contributed by atoms with E-state index in [4.69, 9.17) is 9.47 Å². The summed E-state index contributed by atoms with van der Waals surface area (Å²) in [6.07, 6.45) is 0.227. The molecule has 0 aliphatic carbocycles. The van der Waals surface area contributed by atoms with E-state index >= 15 is 0 Å². The first-order valence-corrected chi connectivity index (χ1v) is 6.17. The Morgan fingerprint density at radius 1 is 1.16 bits per heavy atom. The molecule has 0 saturated heterocycles. The SMILES string of the molecule is CCC(C)C(NC(=O)NCC(OC)OC)C(=O)OC. The zero-order valence-corrected chi connectivity index (χ0v) is 12.2. The lowest BCUT2D eigenvalue weighted by Gasteiger charge is -2.22. The zero-order valence-electron chi connectivity index (χ0n) is 12.2. The van der Waals surface area contributed by atoms with E-state index in [0.717, 1.165) is 6.42 Å². The van der Waals surface area contributed by atoms with Crippen molar-refractivity contribution in [2.24, 2.45) is 5.92 Å². The molecule has 2 N–H and O–H groups in total. The summed E-state index contributed by atoms with van der Waals surface area (Å²) < 4.78 is 14.5. The summed E-state index contributed by atoms with van der Waals surface area (Å²) in [4.78, 5) is 23.3. The third-order valence-electron chi connectivity index (χ3n) is 2.91. The van der Waals surface area contributed by atoms with E-state index < -0.39 is 24.3 Å². The fourth-order valence-electron chi connectivity index (χ4n) is 1.43. The van der Waals surface area contributed by atoms with Crippen LogP contribution in [0.3, 0.4) is 0 Å². The van der Waals surface area contributed by atoms with E-state index in [0.29, 0.717) is 0 Å². The van der Waals surface area contributed by atoms with Crippen LogP contribution in [0.15, 0.2) is 0 Å². The highest BCUT2D eigenvalue weighted by atomic mass is 16.7. The zero-order chi connectivity index (χ0) is 14.8. The van der Waals surface area contributed by atoms with E-state index in [1.807, 2.05) is 13.8 Å². The molecule has 7 nitrogen and oxygen atoms in total. The number of amides is 2. The quantitative estimate of drug-likeness (QED) is 0.498. The molecule has 0 radical (unpaired) electrons. The largest absolute Gasteiger partial charge is 0.467 e. The first-order valence-electron chi connectivity index (χ1n) is 6.17. The lowest BCUT2D eigenvalue weighted by molar-refractivity contribution is -0.144. The van der Waals surface area contributed by atoms with Crippen LogP contribution in [-0.2, 0) is 19.0 Å². The van der Waals surface area contributed by atoms with Gasteiger partial charge in [-0.1, -0.05) is 20.3 Å². The van der Waals surface area contributed by atoms with Gasteiger partial charge < -0.3 is 24.8 Å². The van der Waals surface area contributed by atoms with Gasteiger partial charge in [0.05, 0.1) is 13.7 Å². The predicted molar refractivity (Wildman–Crippen MR) is 69.6 cm³/mol. The van der Waals surface area contributed by atoms with Crippen molar-refractivity contribution < 1.29 is 23.8 Å². The Morgan fingerprint density at radius 2 is 1.74 bits per heavy atom. The third-order valence-corrected chi connectivity index (χ3v) is 2.91. The molecule has 0 saturated carbocycles. The lowest BCUT2D eigenvalue weighted by Crippen LogP contribution is -2.50. The van der Waals surface area contributed by atoms with Crippen molar-refractivity contribution in [1.82, 2.24) is 10.6 Å². The van der Waals surface area contributed by atoms with Crippen LogP contribution < -0.4 is 10.6 Å². The van der Waals surface area contributed by atoms with Crippen LogP contribution in [0.25, 0.3) is 0 Å². The first kappa shape index (κ1) is 17.7. The highest BCUT2D eigenvalue weighted by Gasteiger charge is 2.26. The van der Waals surface area contributed by atoms with Crippen molar-refractivity contribution >= 4 is 12.0 Å². The van der Waals surface area contributed by atoms with Gasteiger partial charge in [-0.3, -0.25) is 0 Å². The van der Waals surface area contributed by atoms with E-state index in [-0.39, 0.29) is 12.5 Å². The number of hydrogen-bond acceptors (Lipinski definition) is 5. The van der Waals surface area contributed by atoms with Gasteiger partial charge in [0.15, 0.2) is 6.29 Å². The summed E-state index contributed by atoms with van der Waals surface area (Å²) in [5, 5.41) is 5.15. The van der Waals surface area contributed by atoms with Crippen LogP contribution in [0, 0.1) is 5.92 Å². The molecule has 0 spiro atoms. The standard InChI is InChI=1S/C12H24N2O5/c1-6-8(2)10(11(15)19-5)14-12(16)13-7-9(17-3)18-4/h8-10H,6-7H2,1-5H3,(H2,13,14,16). The van der Waals surface area contributed by atoms with Gasteiger partial charge in [-0.15, -0.1) is 0 Å². The van der Waals surface area contributed by atoms with Gasteiger partial charge in [0.1, 0.15) is 6.04 Å². The van der Waals surface area contributed by atoms with Crippen LogP contribution in [0.1, 0.15) is 20.3 Å². The van der Waals surface area contributed by atoms with Gasteiger partial charge >= 0.3 is 12.0 Å². The Labute approximate surface area is 114 Å². The highest BCUT2D eigenvalue weighted by molar-refractivity contribution is 5.83. The normalized spacial score (nSPS) is 13.8. The third kappa shape index (κ3) is 6.40. The molecule has 7 heteroatoms. The number of methoxy groups -OCH3 is 3. The van der Waals surface area contributed by atoms with Crippen LogP contribution in [0.4, 0.5) is 4.79 Å². The molecule has 0 heterocycles. The minimum absolute atomic E-state index is 0.0150. The molecule has 2 unspecified atom stereocenters. The Balaban J connectivity index is 4.35. The Bertz CT molecular complexity index is 281. The minimum Gasteiger partial charge on any atom is -0.467 e. The fraction of sp³-hybridized carbons (Fsp3) is 0.833. The first-order chi connectivity index (χ1) is 8.99. The number of nitrogens with one attached hydrogen (secondary N) is 2. The van der Waals surface area contributed by atoms with Gasteiger partial charge in [0.25, 0.3) is 0 Å². The topological polar surface area (TPSA) is 85.9 Å². The van der Waals surface area contributed by atoms with Gasteiger partial charge in [-0.2, -0.15) is 0 Å². The van der Waals surface area contributed by atoms with Crippen LogP contribution in [0.5, 0.6) is 0 Å². The average molecular weight is 276 g/mol. The molecule has 0 aliphatic heterocycles. The maximum Gasteiger partial charge on any atom is 0.328 e. The summed E-state index contributed by atoms with van der Waals surface area (Å²) >= 11 is 0. The Kier molecular flexibility index (Phi) is 8.90. The average Bonchev–Trinajstić information content (AvgIpc) is 2.44. The Morgan fingerprint density at radius 3 is 2.16 bits per heavy atom. The fourth-order valence-corrected chi connectivity index (χ4v) is 1.43. The number of carbonyl (C=O) groups is 2. The molecule has 0 rings (SSSR count). The molecule has 0 aromatic heterocycles. The second-order valence-corrected chi connectivity index (χ2v) is 4.14.